The lowest BCUT2D eigenvalue weighted by Gasteiger charge is -2.29. The van der Waals surface area contributed by atoms with Crippen LogP contribution in [0.5, 0.6) is 0 Å². The second kappa shape index (κ2) is 5.50. The zero-order valence-corrected chi connectivity index (χ0v) is 10.2. The van der Waals surface area contributed by atoms with Crippen LogP contribution in [0.2, 0.25) is 0 Å². The molecular formula is C12H24N2O. The Morgan fingerprint density at radius 1 is 1.47 bits per heavy atom. The van der Waals surface area contributed by atoms with E-state index in [1.165, 1.54) is 0 Å². The van der Waals surface area contributed by atoms with Gasteiger partial charge in [0.25, 0.3) is 0 Å². The molecule has 15 heavy (non-hydrogen) atoms. The molecule has 1 rings (SSSR count). The zero-order valence-electron chi connectivity index (χ0n) is 10.2. The van der Waals surface area contributed by atoms with Crippen molar-refractivity contribution in [3.63, 3.8) is 0 Å². The van der Waals surface area contributed by atoms with Crippen LogP contribution >= 0.6 is 0 Å². The molecule has 1 amide bonds. The van der Waals surface area contributed by atoms with Gasteiger partial charge in [0.2, 0.25) is 5.91 Å². The number of amides is 1. The van der Waals surface area contributed by atoms with Gasteiger partial charge in [-0.3, -0.25) is 4.79 Å². The van der Waals surface area contributed by atoms with Crippen LogP contribution in [0.25, 0.3) is 0 Å². The first kappa shape index (κ1) is 12.5. The van der Waals surface area contributed by atoms with Crippen molar-refractivity contribution in [2.45, 2.75) is 58.5 Å². The molecule has 3 heteroatoms. The number of hydrogen-bond donors (Lipinski definition) is 1. The Labute approximate surface area is 93.0 Å². The van der Waals surface area contributed by atoms with Gasteiger partial charge in [0.05, 0.1) is 0 Å². The third kappa shape index (κ3) is 2.94. The van der Waals surface area contributed by atoms with Gasteiger partial charge in [-0.2, -0.15) is 0 Å². The van der Waals surface area contributed by atoms with E-state index in [0.29, 0.717) is 11.9 Å². The number of hydrogen-bond acceptors (Lipinski definition) is 2. The average molecular weight is 212 g/mol. The van der Waals surface area contributed by atoms with Crippen molar-refractivity contribution in [1.82, 2.24) is 4.90 Å². The topological polar surface area (TPSA) is 46.3 Å². The Bertz CT molecular complexity index is 218. The van der Waals surface area contributed by atoms with Gasteiger partial charge in [0, 0.05) is 24.5 Å². The van der Waals surface area contributed by atoms with Crippen LogP contribution in [-0.2, 0) is 4.79 Å². The number of rotatable bonds is 4. The van der Waals surface area contributed by atoms with Crippen molar-refractivity contribution in [3.8, 4) is 0 Å². The van der Waals surface area contributed by atoms with Crippen LogP contribution < -0.4 is 5.73 Å². The van der Waals surface area contributed by atoms with Crippen molar-refractivity contribution in [1.29, 1.82) is 0 Å². The summed E-state index contributed by atoms with van der Waals surface area (Å²) in [4.78, 5) is 14.2. The van der Waals surface area contributed by atoms with Crippen molar-refractivity contribution in [3.05, 3.63) is 0 Å². The molecule has 0 aromatic rings. The third-order valence-corrected chi connectivity index (χ3v) is 3.57. The molecule has 0 saturated heterocycles. The summed E-state index contributed by atoms with van der Waals surface area (Å²) in [6.45, 7) is 7.12. The first-order valence-corrected chi connectivity index (χ1v) is 6.16. The van der Waals surface area contributed by atoms with Crippen LogP contribution in [0.3, 0.4) is 0 Å². The lowest BCUT2D eigenvalue weighted by atomic mass is 10.0. The molecule has 3 unspecified atom stereocenters. The van der Waals surface area contributed by atoms with E-state index < -0.39 is 0 Å². The van der Waals surface area contributed by atoms with Crippen molar-refractivity contribution in [2.24, 2.45) is 11.7 Å². The predicted molar refractivity (Wildman–Crippen MR) is 62.5 cm³/mol. The summed E-state index contributed by atoms with van der Waals surface area (Å²) in [5.74, 6) is 0.508. The van der Waals surface area contributed by atoms with E-state index in [4.69, 9.17) is 5.73 Å². The Morgan fingerprint density at radius 2 is 2.13 bits per heavy atom. The minimum Gasteiger partial charge on any atom is -0.340 e. The second-order valence-corrected chi connectivity index (χ2v) is 4.65. The van der Waals surface area contributed by atoms with Gasteiger partial charge in [0.1, 0.15) is 0 Å². The predicted octanol–water partition coefficient (Wildman–Crippen LogP) is 1.76. The molecule has 0 spiro atoms. The molecule has 1 aliphatic carbocycles. The van der Waals surface area contributed by atoms with Crippen LogP contribution in [0.4, 0.5) is 0 Å². The smallest absolute Gasteiger partial charge is 0.225 e. The van der Waals surface area contributed by atoms with E-state index in [-0.39, 0.29) is 12.0 Å². The number of carbonyl (C=O) groups excluding carboxylic acids is 1. The van der Waals surface area contributed by atoms with Gasteiger partial charge >= 0.3 is 0 Å². The molecule has 0 aromatic carbocycles. The molecule has 0 aromatic heterocycles. The third-order valence-electron chi connectivity index (χ3n) is 3.57. The lowest BCUT2D eigenvalue weighted by molar-refractivity contribution is -0.137. The Kier molecular flexibility index (Phi) is 4.58. The van der Waals surface area contributed by atoms with Gasteiger partial charge < -0.3 is 10.6 Å². The summed E-state index contributed by atoms with van der Waals surface area (Å²) < 4.78 is 0. The van der Waals surface area contributed by atoms with Crippen molar-refractivity contribution >= 4 is 5.91 Å². The summed E-state index contributed by atoms with van der Waals surface area (Å²) >= 11 is 0. The Morgan fingerprint density at radius 3 is 2.53 bits per heavy atom. The molecule has 3 nitrogen and oxygen atoms in total. The number of nitrogens with two attached hydrogens (primary N) is 1. The van der Waals surface area contributed by atoms with Crippen LogP contribution in [-0.4, -0.2) is 29.4 Å². The fraction of sp³-hybridized carbons (Fsp3) is 0.917. The SMILES string of the molecule is CCC(C)N(CC)C(=O)C1CCC(N)C1. The number of carbonyl (C=O) groups is 1. The molecule has 2 N–H and O–H groups in total. The lowest BCUT2D eigenvalue weighted by Crippen LogP contribution is -2.41. The minimum absolute atomic E-state index is 0.189. The van der Waals surface area contributed by atoms with E-state index in [1.54, 1.807) is 0 Å². The summed E-state index contributed by atoms with van der Waals surface area (Å²) in [6.07, 6.45) is 3.89. The summed E-state index contributed by atoms with van der Waals surface area (Å²) in [6, 6.07) is 0.605. The zero-order chi connectivity index (χ0) is 11.4. The van der Waals surface area contributed by atoms with Crippen molar-refractivity contribution < 1.29 is 4.79 Å². The van der Waals surface area contributed by atoms with Crippen molar-refractivity contribution in [2.75, 3.05) is 6.54 Å². The Hall–Kier alpha value is -0.570. The summed E-state index contributed by atoms with van der Waals surface area (Å²) in [5, 5.41) is 0. The first-order chi connectivity index (χ1) is 7.10. The van der Waals surface area contributed by atoms with E-state index in [1.807, 2.05) is 4.90 Å². The molecule has 3 atom stereocenters. The first-order valence-electron chi connectivity index (χ1n) is 6.16. The molecule has 0 aliphatic heterocycles. The molecular weight excluding hydrogens is 188 g/mol. The van der Waals surface area contributed by atoms with E-state index in [2.05, 4.69) is 20.8 Å². The molecule has 1 saturated carbocycles. The maximum atomic E-state index is 12.2. The summed E-state index contributed by atoms with van der Waals surface area (Å²) in [5.41, 5.74) is 5.84. The highest BCUT2D eigenvalue weighted by atomic mass is 16.2. The minimum atomic E-state index is 0.189. The van der Waals surface area contributed by atoms with E-state index in [0.717, 1.165) is 32.2 Å². The molecule has 0 heterocycles. The van der Waals surface area contributed by atoms with E-state index >= 15 is 0 Å². The molecule has 0 radical (unpaired) electrons. The fourth-order valence-corrected chi connectivity index (χ4v) is 2.38. The van der Waals surface area contributed by atoms with Crippen LogP contribution in [0.1, 0.15) is 46.5 Å². The van der Waals surface area contributed by atoms with Gasteiger partial charge in [-0.15, -0.1) is 0 Å². The highest BCUT2D eigenvalue weighted by Crippen LogP contribution is 2.26. The quantitative estimate of drug-likeness (QED) is 0.772. The maximum Gasteiger partial charge on any atom is 0.225 e. The maximum absolute atomic E-state index is 12.2. The fourth-order valence-electron chi connectivity index (χ4n) is 2.38. The van der Waals surface area contributed by atoms with Gasteiger partial charge in [-0.25, -0.2) is 0 Å². The van der Waals surface area contributed by atoms with Gasteiger partial charge in [0.15, 0.2) is 0 Å². The van der Waals surface area contributed by atoms with Crippen LogP contribution in [0, 0.1) is 5.92 Å². The van der Waals surface area contributed by atoms with Gasteiger partial charge in [-0.05, 0) is 39.5 Å². The molecule has 1 aliphatic rings. The Balaban J connectivity index is 2.57. The average Bonchev–Trinajstić information content (AvgIpc) is 2.65. The highest BCUT2D eigenvalue weighted by Gasteiger charge is 2.31. The standard InChI is InChI=1S/C12H24N2O/c1-4-9(3)14(5-2)12(15)10-6-7-11(13)8-10/h9-11H,4-8,13H2,1-3H3. The number of nitrogens with zero attached hydrogens (tertiary/aromatic N) is 1. The van der Waals surface area contributed by atoms with Crippen LogP contribution in [0.15, 0.2) is 0 Å². The summed E-state index contributed by atoms with van der Waals surface area (Å²) in [7, 11) is 0. The van der Waals surface area contributed by atoms with E-state index in [9.17, 15) is 4.79 Å². The normalized spacial score (nSPS) is 27.7. The van der Waals surface area contributed by atoms with Gasteiger partial charge in [-0.1, -0.05) is 6.92 Å². The molecule has 88 valence electrons. The largest absolute Gasteiger partial charge is 0.340 e. The monoisotopic (exact) mass is 212 g/mol. The highest BCUT2D eigenvalue weighted by molar-refractivity contribution is 5.79. The molecule has 1 fully saturated rings. The molecule has 0 bridgehead atoms. The second-order valence-electron chi connectivity index (χ2n) is 4.65.